The Morgan fingerprint density at radius 2 is 1.89 bits per heavy atom. The molecule has 1 atom stereocenters. The molecule has 28 heavy (non-hydrogen) atoms. The number of amides is 1. The number of aromatic amines is 1. The van der Waals surface area contributed by atoms with Crippen molar-refractivity contribution < 1.29 is 19.1 Å². The number of carbonyl (C=O) groups excluding carboxylic acids is 2. The Labute approximate surface area is 161 Å². The Morgan fingerprint density at radius 3 is 2.64 bits per heavy atom. The second kappa shape index (κ2) is 6.96. The van der Waals surface area contributed by atoms with Crippen LogP contribution in [-0.2, 0) is 16.0 Å². The molecule has 0 fully saturated rings. The van der Waals surface area contributed by atoms with Gasteiger partial charge in [-0.05, 0) is 31.0 Å². The first-order chi connectivity index (χ1) is 13.5. The molecular formula is C22H19FN2O3. The number of aromatic nitrogens is 1. The zero-order valence-corrected chi connectivity index (χ0v) is 15.3. The number of halogens is 1. The summed E-state index contributed by atoms with van der Waals surface area (Å²) in [6.07, 6.45) is 2.38. The fraction of sp³-hybridized carbons (Fsp3) is 0.182. The molecule has 0 saturated heterocycles. The van der Waals surface area contributed by atoms with Crippen molar-refractivity contribution in [2.75, 3.05) is 6.54 Å². The average Bonchev–Trinajstić information content (AvgIpc) is 3.20. The molecule has 0 saturated carbocycles. The topological polar surface area (TPSA) is 73.4 Å². The van der Waals surface area contributed by atoms with E-state index in [-0.39, 0.29) is 17.7 Å². The van der Waals surface area contributed by atoms with Gasteiger partial charge in [-0.1, -0.05) is 36.4 Å². The summed E-state index contributed by atoms with van der Waals surface area (Å²) in [4.78, 5) is 29.4. The number of nitrogens with one attached hydrogen (secondary N) is 1. The van der Waals surface area contributed by atoms with Crippen molar-refractivity contribution in [1.29, 1.82) is 0 Å². The predicted molar refractivity (Wildman–Crippen MR) is 103 cm³/mol. The monoisotopic (exact) mass is 378 g/mol. The van der Waals surface area contributed by atoms with Gasteiger partial charge >= 0.3 is 0 Å². The summed E-state index contributed by atoms with van der Waals surface area (Å²) in [7, 11) is 0. The molecular weight excluding hydrogens is 359 g/mol. The van der Waals surface area contributed by atoms with E-state index in [0.717, 1.165) is 16.5 Å². The largest absolute Gasteiger partial charge is 0.503 e. The number of rotatable bonds is 5. The third kappa shape index (κ3) is 2.87. The molecule has 5 nitrogen and oxygen atoms in total. The molecule has 2 aromatic carbocycles. The van der Waals surface area contributed by atoms with Crippen molar-refractivity contribution in [3.8, 4) is 0 Å². The highest BCUT2D eigenvalue weighted by Crippen LogP contribution is 2.38. The maximum absolute atomic E-state index is 14.5. The van der Waals surface area contributed by atoms with Gasteiger partial charge in [-0.25, -0.2) is 4.39 Å². The molecule has 0 bridgehead atoms. The van der Waals surface area contributed by atoms with Crippen LogP contribution >= 0.6 is 0 Å². The Hall–Kier alpha value is -3.41. The molecule has 1 aliphatic heterocycles. The summed E-state index contributed by atoms with van der Waals surface area (Å²) in [5.41, 5.74) is 2.13. The molecule has 0 spiro atoms. The fourth-order valence-electron chi connectivity index (χ4n) is 3.84. The number of fused-ring (bicyclic) bond motifs is 1. The van der Waals surface area contributed by atoms with Crippen LogP contribution in [0.25, 0.3) is 10.9 Å². The third-order valence-electron chi connectivity index (χ3n) is 5.18. The Bertz CT molecular complexity index is 1120. The summed E-state index contributed by atoms with van der Waals surface area (Å²) < 4.78 is 14.5. The molecule has 2 N–H and O–H groups in total. The number of benzene rings is 2. The van der Waals surface area contributed by atoms with Gasteiger partial charge < -0.3 is 15.0 Å². The smallest absolute Gasteiger partial charge is 0.290 e. The summed E-state index contributed by atoms with van der Waals surface area (Å²) in [6.45, 7) is 1.51. The summed E-state index contributed by atoms with van der Waals surface area (Å²) in [5, 5.41) is 11.3. The highest BCUT2D eigenvalue weighted by atomic mass is 19.1. The van der Waals surface area contributed by atoms with Crippen molar-refractivity contribution in [3.05, 3.63) is 83.0 Å². The number of para-hydroxylation sites is 1. The van der Waals surface area contributed by atoms with Crippen LogP contribution in [0.5, 0.6) is 0 Å². The first kappa shape index (κ1) is 18.0. The van der Waals surface area contributed by atoms with Gasteiger partial charge in [-0.2, -0.15) is 0 Å². The number of aliphatic hydroxyl groups excluding tert-OH is 1. The SMILES string of the molecule is CC(=O)C1=C(O)C(=O)N(CCc2c[nH]c3ccccc23)[C@H]1c1ccccc1F. The van der Waals surface area contributed by atoms with Gasteiger partial charge in [0.2, 0.25) is 0 Å². The highest BCUT2D eigenvalue weighted by Gasteiger charge is 2.43. The van der Waals surface area contributed by atoms with Crippen LogP contribution in [0.2, 0.25) is 0 Å². The molecule has 0 aliphatic carbocycles. The minimum absolute atomic E-state index is 0.0611. The standard InChI is InChI=1S/C22H19FN2O3/c1-13(26)19-20(16-7-2-4-8-17(16)23)25(22(28)21(19)27)11-10-14-12-24-18-9-5-3-6-15(14)18/h2-9,12,20,24,27H,10-11H2,1H3/t20-/m0/s1. The van der Waals surface area contributed by atoms with Crippen LogP contribution in [0.4, 0.5) is 4.39 Å². The van der Waals surface area contributed by atoms with E-state index in [4.69, 9.17) is 0 Å². The Kier molecular flexibility index (Phi) is 4.47. The van der Waals surface area contributed by atoms with Gasteiger partial charge in [0.25, 0.3) is 5.91 Å². The lowest BCUT2D eigenvalue weighted by molar-refractivity contribution is -0.129. The number of carbonyl (C=O) groups is 2. The summed E-state index contributed by atoms with van der Waals surface area (Å²) in [5.74, 6) is -2.22. The maximum atomic E-state index is 14.5. The number of ketones is 1. The van der Waals surface area contributed by atoms with E-state index in [0.29, 0.717) is 6.42 Å². The average molecular weight is 378 g/mol. The fourth-order valence-corrected chi connectivity index (χ4v) is 3.84. The maximum Gasteiger partial charge on any atom is 0.290 e. The lowest BCUT2D eigenvalue weighted by atomic mass is 9.96. The molecule has 0 unspecified atom stereocenters. The molecule has 1 aromatic heterocycles. The predicted octanol–water partition coefficient (Wildman–Crippen LogP) is 3.83. The third-order valence-corrected chi connectivity index (χ3v) is 5.18. The second-order valence-corrected chi connectivity index (χ2v) is 6.85. The quantitative estimate of drug-likeness (QED) is 0.709. The van der Waals surface area contributed by atoms with Gasteiger partial charge in [0.15, 0.2) is 11.5 Å². The van der Waals surface area contributed by atoms with Crippen LogP contribution in [0.1, 0.15) is 24.1 Å². The van der Waals surface area contributed by atoms with E-state index >= 15 is 0 Å². The first-order valence-electron chi connectivity index (χ1n) is 9.03. The first-order valence-corrected chi connectivity index (χ1v) is 9.03. The highest BCUT2D eigenvalue weighted by molar-refractivity contribution is 6.08. The number of nitrogens with zero attached hydrogens (tertiary/aromatic N) is 1. The zero-order valence-electron chi connectivity index (χ0n) is 15.3. The van der Waals surface area contributed by atoms with Crippen molar-refractivity contribution >= 4 is 22.6 Å². The lowest BCUT2D eigenvalue weighted by Gasteiger charge is -2.26. The Morgan fingerprint density at radius 1 is 1.18 bits per heavy atom. The van der Waals surface area contributed by atoms with Gasteiger partial charge in [0.05, 0.1) is 11.6 Å². The van der Waals surface area contributed by atoms with E-state index in [1.807, 2.05) is 30.5 Å². The van der Waals surface area contributed by atoms with Gasteiger partial charge in [-0.3, -0.25) is 9.59 Å². The number of aliphatic hydroxyl groups is 1. The number of Topliss-reactive ketones (excluding diaryl/α,β-unsaturated/α-hetero) is 1. The van der Waals surface area contributed by atoms with E-state index in [1.54, 1.807) is 12.1 Å². The van der Waals surface area contributed by atoms with Crippen LogP contribution in [-0.4, -0.2) is 33.2 Å². The summed E-state index contributed by atoms with van der Waals surface area (Å²) >= 11 is 0. The number of H-pyrrole nitrogens is 1. The van der Waals surface area contributed by atoms with Crippen molar-refractivity contribution in [3.63, 3.8) is 0 Å². The molecule has 6 heteroatoms. The van der Waals surface area contributed by atoms with Crippen molar-refractivity contribution in [2.24, 2.45) is 0 Å². The van der Waals surface area contributed by atoms with Crippen LogP contribution in [0.3, 0.4) is 0 Å². The van der Waals surface area contributed by atoms with Crippen LogP contribution < -0.4 is 0 Å². The molecule has 1 amide bonds. The molecule has 142 valence electrons. The van der Waals surface area contributed by atoms with E-state index < -0.39 is 29.3 Å². The van der Waals surface area contributed by atoms with Crippen LogP contribution in [0.15, 0.2) is 66.1 Å². The van der Waals surface area contributed by atoms with E-state index in [1.165, 1.54) is 24.0 Å². The van der Waals surface area contributed by atoms with E-state index in [2.05, 4.69) is 4.98 Å². The van der Waals surface area contributed by atoms with Gasteiger partial charge in [-0.15, -0.1) is 0 Å². The van der Waals surface area contributed by atoms with Crippen molar-refractivity contribution in [2.45, 2.75) is 19.4 Å². The van der Waals surface area contributed by atoms with Gasteiger partial charge in [0.1, 0.15) is 5.82 Å². The second-order valence-electron chi connectivity index (χ2n) is 6.85. The van der Waals surface area contributed by atoms with Crippen LogP contribution in [0, 0.1) is 5.82 Å². The molecule has 4 rings (SSSR count). The number of hydrogen-bond acceptors (Lipinski definition) is 3. The normalized spacial score (nSPS) is 17.0. The lowest BCUT2D eigenvalue weighted by Crippen LogP contribution is -2.33. The minimum Gasteiger partial charge on any atom is -0.503 e. The Balaban J connectivity index is 1.69. The van der Waals surface area contributed by atoms with Crippen molar-refractivity contribution in [1.82, 2.24) is 9.88 Å². The zero-order chi connectivity index (χ0) is 19.8. The molecule has 1 aliphatic rings. The number of hydrogen-bond donors (Lipinski definition) is 2. The summed E-state index contributed by atoms with van der Waals surface area (Å²) in [6, 6.07) is 12.9. The van der Waals surface area contributed by atoms with Gasteiger partial charge in [0, 0.05) is 29.2 Å². The molecule has 0 radical (unpaired) electrons. The molecule has 3 aromatic rings. The minimum atomic E-state index is -0.934. The molecule has 2 heterocycles. The van der Waals surface area contributed by atoms with E-state index in [9.17, 15) is 19.1 Å².